The Morgan fingerprint density at radius 3 is 2.71 bits per heavy atom. The topological polar surface area (TPSA) is 24.5 Å². The third kappa shape index (κ3) is 5.54. The summed E-state index contributed by atoms with van der Waals surface area (Å²) in [4.78, 5) is 2.73. The lowest BCUT2D eigenvalue weighted by Gasteiger charge is -2.44. The van der Waals surface area contributed by atoms with Gasteiger partial charge in [-0.25, -0.2) is 0 Å². The highest BCUT2D eigenvalue weighted by Crippen LogP contribution is 2.41. The van der Waals surface area contributed by atoms with Crippen LogP contribution in [0, 0.1) is 11.3 Å². The van der Waals surface area contributed by atoms with Crippen LogP contribution in [-0.4, -0.2) is 50.8 Å². The Morgan fingerprint density at radius 2 is 2.10 bits per heavy atom. The largest absolute Gasteiger partial charge is 0.383 e. The minimum Gasteiger partial charge on any atom is -0.383 e. The van der Waals surface area contributed by atoms with Gasteiger partial charge >= 0.3 is 0 Å². The average molecular weight is 296 g/mol. The minimum absolute atomic E-state index is 0.503. The number of ether oxygens (including phenoxy) is 1. The molecule has 0 radical (unpaired) electrons. The van der Waals surface area contributed by atoms with Gasteiger partial charge < -0.3 is 10.1 Å². The van der Waals surface area contributed by atoms with Crippen LogP contribution in [-0.2, 0) is 4.74 Å². The molecule has 2 fully saturated rings. The van der Waals surface area contributed by atoms with Gasteiger partial charge in [-0.15, -0.1) is 0 Å². The van der Waals surface area contributed by atoms with Crippen molar-refractivity contribution in [3.05, 3.63) is 0 Å². The Hall–Kier alpha value is -0.120. The first-order valence-electron chi connectivity index (χ1n) is 9.13. The molecule has 0 heterocycles. The van der Waals surface area contributed by atoms with Crippen LogP contribution in [0.15, 0.2) is 0 Å². The third-order valence-electron chi connectivity index (χ3n) is 5.30. The fourth-order valence-electron chi connectivity index (χ4n) is 4.13. The molecular formula is C18H36N2O. The third-order valence-corrected chi connectivity index (χ3v) is 5.30. The molecule has 0 aromatic heterocycles. The molecule has 2 saturated carbocycles. The molecule has 3 nitrogen and oxygen atoms in total. The van der Waals surface area contributed by atoms with Gasteiger partial charge in [-0.1, -0.05) is 26.7 Å². The fourth-order valence-corrected chi connectivity index (χ4v) is 4.13. The van der Waals surface area contributed by atoms with Gasteiger partial charge in [-0.05, 0) is 50.0 Å². The minimum atomic E-state index is 0.503. The van der Waals surface area contributed by atoms with Crippen molar-refractivity contribution in [3.63, 3.8) is 0 Å². The molecule has 0 amide bonds. The predicted octanol–water partition coefficient (Wildman–Crippen LogP) is 3.29. The van der Waals surface area contributed by atoms with Crippen molar-refractivity contribution in [1.82, 2.24) is 10.2 Å². The van der Waals surface area contributed by atoms with Gasteiger partial charge in [0.05, 0.1) is 6.61 Å². The van der Waals surface area contributed by atoms with E-state index in [1.165, 1.54) is 58.0 Å². The molecule has 2 unspecified atom stereocenters. The standard InChI is InChI=1S/C18H36N2O/c1-4-10-19-14-18(9-5-6-16(2)13-18)15-20(11-12-21-3)17-7-8-17/h16-17,19H,4-15H2,1-3H3. The molecule has 124 valence electrons. The Morgan fingerprint density at radius 1 is 1.29 bits per heavy atom. The monoisotopic (exact) mass is 296 g/mol. The molecule has 2 atom stereocenters. The quantitative estimate of drug-likeness (QED) is 0.626. The zero-order valence-corrected chi connectivity index (χ0v) is 14.5. The van der Waals surface area contributed by atoms with Gasteiger partial charge in [0, 0.05) is 32.8 Å². The highest BCUT2D eigenvalue weighted by Gasteiger charge is 2.39. The maximum atomic E-state index is 5.33. The second-order valence-electron chi connectivity index (χ2n) is 7.57. The molecule has 2 aliphatic rings. The summed E-state index contributed by atoms with van der Waals surface area (Å²) in [6.07, 6.45) is 9.69. The fraction of sp³-hybridized carbons (Fsp3) is 1.00. The van der Waals surface area contributed by atoms with E-state index in [0.29, 0.717) is 5.41 Å². The number of nitrogens with one attached hydrogen (secondary N) is 1. The number of nitrogens with zero attached hydrogens (tertiary/aromatic N) is 1. The van der Waals surface area contributed by atoms with Crippen molar-refractivity contribution in [2.45, 2.75) is 64.8 Å². The number of methoxy groups -OCH3 is 1. The normalized spacial score (nSPS) is 30.0. The molecule has 2 aliphatic carbocycles. The van der Waals surface area contributed by atoms with Crippen molar-refractivity contribution < 1.29 is 4.74 Å². The summed E-state index contributed by atoms with van der Waals surface area (Å²) in [6, 6.07) is 0.848. The summed E-state index contributed by atoms with van der Waals surface area (Å²) in [5.41, 5.74) is 0.503. The smallest absolute Gasteiger partial charge is 0.0589 e. The number of rotatable bonds is 10. The van der Waals surface area contributed by atoms with Crippen LogP contribution in [0.4, 0.5) is 0 Å². The van der Waals surface area contributed by atoms with Gasteiger partial charge in [0.1, 0.15) is 0 Å². The summed E-state index contributed by atoms with van der Waals surface area (Å²) >= 11 is 0. The molecular weight excluding hydrogens is 260 g/mol. The lowest BCUT2D eigenvalue weighted by molar-refractivity contribution is 0.0594. The first-order chi connectivity index (χ1) is 10.2. The summed E-state index contributed by atoms with van der Waals surface area (Å²) in [5, 5.41) is 3.73. The lowest BCUT2D eigenvalue weighted by atomic mass is 9.69. The maximum Gasteiger partial charge on any atom is 0.0589 e. The van der Waals surface area contributed by atoms with Crippen molar-refractivity contribution in [2.75, 3.05) is 39.9 Å². The Labute approximate surface area is 131 Å². The molecule has 3 heteroatoms. The molecule has 2 rings (SSSR count). The van der Waals surface area contributed by atoms with E-state index in [1.807, 2.05) is 7.11 Å². The Bertz CT molecular complexity index is 293. The van der Waals surface area contributed by atoms with E-state index < -0.39 is 0 Å². The van der Waals surface area contributed by atoms with Crippen LogP contribution in [0.5, 0.6) is 0 Å². The van der Waals surface area contributed by atoms with E-state index in [0.717, 1.165) is 31.7 Å². The molecule has 0 aliphatic heterocycles. The molecule has 0 aromatic carbocycles. The van der Waals surface area contributed by atoms with Crippen LogP contribution in [0.2, 0.25) is 0 Å². The van der Waals surface area contributed by atoms with Gasteiger partial charge in [-0.2, -0.15) is 0 Å². The van der Waals surface area contributed by atoms with Crippen LogP contribution < -0.4 is 5.32 Å². The first kappa shape index (κ1) is 17.2. The molecule has 1 N–H and O–H groups in total. The zero-order valence-electron chi connectivity index (χ0n) is 14.5. The van der Waals surface area contributed by atoms with E-state index in [4.69, 9.17) is 4.74 Å². The van der Waals surface area contributed by atoms with E-state index in [2.05, 4.69) is 24.1 Å². The van der Waals surface area contributed by atoms with Gasteiger partial charge in [0.2, 0.25) is 0 Å². The Kier molecular flexibility index (Phi) is 6.97. The highest BCUT2D eigenvalue weighted by atomic mass is 16.5. The van der Waals surface area contributed by atoms with Crippen LogP contribution >= 0.6 is 0 Å². The molecule has 0 spiro atoms. The van der Waals surface area contributed by atoms with Gasteiger partial charge in [0.15, 0.2) is 0 Å². The summed E-state index contributed by atoms with van der Waals surface area (Å²) in [5.74, 6) is 0.894. The van der Waals surface area contributed by atoms with E-state index in [9.17, 15) is 0 Å². The van der Waals surface area contributed by atoms with E-state index in [1.54, 1.807) is 0 Å². The van der Waals surface area contributed by atoms with E-state index >= 15 is 0 Å². The van der Waals surface area contributed by atoms with Crippen LogP contribution in [0.3, 0.4) is 0 Å². The molecule has 0 saturated heterocycles. The highest BCUT2D eigenvalue weighted by molar-refractivity contribution is 4.94. The van der Waals surface area contributed by atoms with Crippen molar-refractivity contribution >= 4 is 0 Å². The summed E-state index contributed by atoms with van der Waals surface area (Å²) < 4.78 is 5.33. The van der Waals surface area contributed by atoms with Crippen molar-refractivity contribution in [2.24, 2.45) is 11.3 Å². The summed E-state index contributed by atoms with van der Waals surface area (Å²) in [6.45, 7) is 10.4. The number of hydrogen-bond acceptors (Lipinski definition) is 3. The van der Waals surface area contributed by atoms with E-state index in [-0.39, 0.29) is 0 Å². The lowest BCUT2D eigenvalue weighted by Crippen LogP contribution is -2.48. The SMILES string of the molecule is CCCNCC1(CN(CCOC)C2CC2)CCCC(C)C1. The molecule has 21 heavy (non-hydrogen) atoms. The molecule has 0 bridgehead atoms. The second-order valence-corrected chi connectivity index (χ2v) is 7.57. The van der Waals surface area contributed by atoms with Crippen LogP contribution in [0.25, 0.3) is 0 Å². The zero-order chi connectivity index (χ0) is 15.1. The van der Waals surface area contributed by atoms with Crippen molar-refractivity contribution in [3.8, 4) is 0 Å². The number of hydrogen-bond donors (Lipinski definition) is 1. The predicted molar refractivity (Wildman–Crippen MR) is 89.7 cm³/mol. The first-order valence-corrected chi connectivity index (χ1v) is 9.13. The second kappa shape index (κ2) is 8.50. The molecule has 0 aromatic rings. The van der Waals surface area contributed by atoms with Gasteiger partial charge in [-0.3, -0.25) is 4.90 Å². The average Bonchev–Trinajstić information content (AvgIpc) is 3.28. The summed E-state index contributed by atoms with van der Waals surface area (Å²) in [7, 11) is 1.83. The maximum absolute atomic E-state index is 5.33. The van der Waals surface area contributed by atoms with Crippen LogP contribution in [0.1, 0.15) is 58.8 Å². The Balaban J connectivity index is 1.95. The van der Waals surface area contributed by atoms with Gasteiger partial charge in [0.25, 0.3) is 0 Å². The van der Waals surface area contributed by atoms with Crippen molar-refractivity contribution in [1.29, 1.82) is 0 Å².